The largest absolute Gasteiger partial charge is 0.350 e. The summed E-state index contributed by atoms with van der Waals surface area (Å²) in [7, 11) is 0. The standard InChI is InChI=1S/C22H20BrN7O2/c1-15-19(12-26-30(15)18-9-7-17(23)8-10-18)21(32)27-22-25-14-29(28-22)13-20(31)24-11-16-5-3-2-4-6-16/h2-10,12,14H,11,13H2,1H3,(H,24,31)(H,27,28,32). The zero-order chi connectivity index (χ0) is 22.5. The maximum atomic E-state index is 12.7. The Balaban J connectivity index is 1.35. The third-order valence-electron chi connectivity index (χ3n) is 4.73. The number of aromatic nitrogens is 5. The van der Waals surface area contributed by atoms with Gasteiger partial charge in [-0.3, -0.25) is 14.9 Å². The molecular weight excluding hydrogens is 474 g/mol. The molecule has 0 atom stereocenters. The third kappa shape index (κ3) is 5.09. The molecule has 2 aromatic heterocycles. The normalized spacial score (nSPS) is 10.7. The summed E-state index contributed by atoms with van der Waals surface area (Å²) in [6.07, 6.45) is 2.90. The van der Waals surface area contributed by atoms with Gasteiger partial charge in [0.25, 0.3) is 5.91 Å². The molecule has 0 saturated heterocycles. The highest BCUT2D eigenvalue weighted by molar-refractivity contribution is 9.10. The monoisotopic (exact) mass is 493 g/mol. The van der Waals surface area contributed by atoms with Crippen molar-refractivity contribution in [1.29, 1.82) is 0 Å². The molecule has 0 fully saturated rings. The molecule has 9 nitrogen and oxygen atoms in total. The van der Waals surface area contributed by atoms with Crippen molar-refractivity contribution in [3.05, 3.63) is 88.4 Å². The lowest BCUT2D eigenvalue weighted by Crippen LogP contribution is -2.27. The van der Waals surface area contributed by atoms with Crippen LogP contribution in [0.3, 0.4) is 0 Å². The van der Waals surface area contributed by atoms with Gasteiger partial charge in [0.05, 0.1) is 23.1 Å². The zero-order valence-electron chi connectivity index (χ0n) is 17.2. The molecule has 4 aromatic rings. The van der Waals surface area contributed by atoms with E-state index in [1.54, 1.807) is 4.68 Å². The second kappa shape index (κ2) is 9.56. The van der Waals surface area contributed by atoms with E-state index >= 15 is 0 Å². The first kappa shape index (κ1) is 21.4. The van der Waals surface area contributed by atoms with Crippen LogP contribution in [0.2, 0.25) is 0 Å². The van der Waals surface area contributed by atoms with Gasteiger partial charge in [0.1, 0.15) is 12.9 Å². The maximum absolute atomic E-state index is 12.7. The number of benzene rings is 2. The molecule has 2 heterocycles. The maximum Gasteiger partial charge on any atom is 0.261 e. The van der Waals surface area contributed by atoms with E-state index in [2.05, 4.69) is 41.7 Å². The third-order valence-corrected chi connectivity index (χ3v) is 5.25. The van der Waals surface area contributed by atoms with Crippen LogP contribution >= 0.6 is 15.9 Å². The highest BCUT2D eigenvalue weighted by Gasteiger charge is 2.17. The number of amides is 2. The molecule has 2 N–H and O–H groups in total. The van der Waals surface area contributed by atoms with Crippen molar-refractivity contribution in [2.75, 3.05) is 5.32 Å². The van der Waals surface area contributed by atoms with Crippen LogP contribution in [-0.4, -0.2) is 36.4 Å². The van der Waals surface area contributed by atoms with Gasteiger partial charge in [-0.05, 0) is 36.8 Å². The fourth-order valence-electron chi connectivity index (χ4n) is 3.07. The van der Waals surface area contributed by atoms with E-state index in [9.17, 15) is 9.59 Å². The van der Waals surface area contributed by atoms with Crippen LogP contribution in [0.25, 0.3) is 5.69 Å². The Morgan fingerprint density at radius 3 is 2.56 bits per heavy atom. The Bertz CT molecular complexity index is 1230. The SMILES string of the molecule is Cc1c(C(=O)Nc2ncn(CC(=O)NCc3ccccc3)n2)cnn1-c1ccc(Br)cc1. The minimum absolute atomic E-state index is 0.00374. The van der Waals surface area contributed by atoms with Crippen molar-refractivity contribution in [2.45, 2.75) is 20.0 Å². The van der Waals surface area contributed by atoms with Crippen LogP contribution < -0.4 is 10.6 Å². The molecule has 0 aliphatic heterocycles. The molecule has 0 spiro atoms. The lowest BCUT2D eigenvalue weighted by atomic mass is 10.2. The number of hydrogen-bond donors (Lipinski definition) is 2. The van der Waals surface area contributed by atoms with Crippen molar-refractivity contribution >= 4 is 33.7 Å². The fraction of sp³-hybridized carbons (Fsp3) is 0.136. The Kier molecular flexibility index (Phi) is 6.41. The summed E-state index contributed by atoms with van der Waals surface area (Å²) in [6, 6.07) is 17.2. The van der Waals surface area contributed by atoms with Gasteiger partial charge in [-0.25, -0.2) is 14.3 Å². The second-order valence-corrected chi connectivity index (χ2v) is 7.93. The van der Waals surface area contributed by atoms with E-state index in [-0.39, 0.29) is 24.3 Å². The van der Waals surface area contributed by atoms with Crippen molar-refractivity contribution in [1.82, 2.24) is 29.9 Å². The van der Waals surface area contributed by atoms with Gasteiger partial charge in [0.2, 0.25) is 11.9 Å². The van der Waals surface area contributed by atoms with E-state index in [0.29, 0.717) is 17.8 Å². The summed E-state index contributed by atoms with van der Waals surface area (Å²) >= 11 is 3.40. The van der Waals surface area contributed by atoms with Gasteiger partial charge >= 0.3 is 0 Å². The van der Waals surface area contributed by atoms with Crippen LogP contribution in [-0.2, 0) is 17.9 Å². The fourth-order valence-corrected chi connectivity index (χ4v) is 3.34. The van der Waals surface area contributed by atoms with Crippen LogP contribution in [0.15, 0.2) is 71.6 Å². The summed E-state index contributed by atoms with van der Waals surface area (Å²) in [5.74, 6) is -0.470. The zero-order valence-corrected chi connectivity index (χ0v) is 18.8. The quantitative estimate of drug-likeness (QED) is 0.411. The molecule has 162 valence electrons. The first-order chi connectivity index (χ1) is 15.5. The Hall–Kier alpha value is -3.79. The molecule has 32 heavy (non-hydrogen) atoms. The number of nitrogens with one attached hydrogen (secondary N) is 2. The molecule has 0 radical (unpaired) electrons. The van der Waals surface area contributed by atoms with Gasteiger partial charge in [0.15, 0.2) is 0 Å². The number of anilines is 1. The molecule has 0 aliphatic rings. The molecule has 2 aromatic carbocycles. The summed E-state index contributed by atoms with van der Waals surface area (Å²) < 4.78 is 4.01. The number of halogens is 1. The first-order valence-corrected chi connectivity index (χ1v) is 10.6. The minimum Gasteiger partial charge on any atom is -0.350 e. The van der Waals surface area contributed by atoms with E-state index in [1.165, 1.54) is 17.2 Å². The first-order valence-electron chi connectivity index (χ1n) is 9.81. The average molecular weight is 494 g/mol. The number of hydrogen-bond acceptors (Lipinski definition) is 5. The summed E-state index contributed by atoms with van der Waals surface area (Å²) in [6.45, 7) is 2.24. The molecule has 0 aliphatic carbocycles. The number of nitrogens with zero attached hydrogens (tertiary/aromatic N) is 5. The van der Waals surface area contributed by atoms with Gasteiger partial charge in [-0.2, -0.15) is 5.10 Å². The second-order valence-electron chi connectivity index (χ2n) is 7.01. The highest BCUT2D eigenvalue weighted by Crippen LogP contribution is 2.18. The summed E-state index contributed by atoms with van der Waals surface area (Å²) in [5, 5.41) is 13.9. The van der Waals surface area contributed by atoms with Crippen LogP contribution in [0.5, 0.6) is 0 Å². The number of rotatable bonds is 7. The van der Waals surface area contributed by atoms with E-state index < -0.39 is 0 Å². The van der Waals surface area contributed by atoms with Gasteiger partial charge in [0, 0.05) is 11.0 Å². The molecule has 2 amide bonds. The summed E-state index contributed by atoms with van der Waals surface area (Å²) in [5.41, 5.74) is 2.94. The topological polar surface area (TPSA) is 107 Å². The molecule has 10 heteroatoms. The lowest BCUT2D eigenvalue weighted by Gasteiger charge is -2.06. The van der Waals surface area contributed by atoms with E-state index in [0.717, 1.165) is 15.7 Å². The smallest absolute Gasteiger partial charge is 0.261 e. The predicted molar refractivity (Wildman–Crippen MR) is 122 cm³/mol. The van der Waals surface area contributed by atoms with Crippen molar-refractivity contribution in [3.63, 3.8) is 0 Å². The van der Waals surface area contributed by atoms with Crippen molar-refractivity contribution in [2.24, 2.45) is 0 Å². The predicted octanol–water partition coefficient (Wildman–Crippen LogP) is 3.10. The van der Waals surface area contributed by atoms with Crippen LogP contribution in [0.1, 0.15) is 21.6 Å². The Morgan fingerprint density at radius 1 is 1.06 bits per heavy atom. The molecule has 4 rings (SSSR count). The lowest BCUT2D eigenvalue weighted by molar-refractivity contribution is -0.122. The van der Waals surface area contributed by atoms with Crippen LogP contribution in [0.4, 0.5) is 5.95 Å². The van der Waals surface area contributed by atoms with E-state index in [1.807, 2.05) is 61.5 Å². The number of carbonyl (C=O) groups is 2. The van der Waals surface area contributed by atoms with E-state index in [4.69, 9.17) is 0 Å². The van der Waals surface area contributed by atoms with Crippen molar-refractivity contribution in [3.8, 4) is 5.69 Å². The molecule has 0 unspecified atom stereocenters. The van der Waals surface area contributed by atoms with Gasteiger partial charge in [-0.15, -0.1) is 5.10 Å². The van der Waals surface area contributed by atoms with Gasteiger partial charge in [-0.1, -0.05) is 46.3 Å². The Morgan fingerprint density at radius 2 is 1.81 bits per heavy atom. The van der Waals surface area contributed by atoms with Crippen LogP contribution in [0, 0.1) is 6.92 Å². The number of carbonyl (C=O) groups excluding carboxylic acids is 2. The Labute approximate surface area is 192 Å². The van der Waals surface area contributed by atoms with Gasteiger partial charge < -0.3 is 5.32 Å². The molecular formula is C22H20BrN7O2. The van der Waals surface area contributed by atoms with Crippen molar-refractivity contribution < 1.29 is 9.59 Å². The highest BCUT2D eigenvalue weighted by atomic mass is 79.9. The summed E-state index contributed by atoms with van der Waals surface area (Å²) in [4.78, 5) is 28.9. The molecule has 0 bridgehead atoms. The minimum atomic E-state index is -0.378. The average Bonchev–Trinajstić information content (AvgIpc) is 3.39. The molecule has 0 saturated carbocycles.